The van der Waals surface area contributed by atoms with E-state index in [0.29, 0.717) is 25.6 Å². The zero-order valence-electron chi connectivity index (χ0n) is 17.2. The fraction of sp³-hybridized carbons (Fsp3) is 0.619. The first-order valence-corrected chi connectivity index (χ1v) is 9.65. The predicted octanol–water partition coefficient (Wildman–Crippen LogP) is 3.51. The number of carbonyl (C=O) groups excluding carboxylic acids is 2. The van der Waals surface area contributed by atoms with Crippen molar-refractivity contribution >= 4 is 17.7 Å². The average molecular weight is 376 g/mol. The molecule has 150 valence electrons. The van der Waals surface area contributed by atoms with Gasteiger partial charge in [-0.1, -0.05) is 17.7 Å². The molecule has 1 aliphatic heterocycles. The number of carbonyl (C=O) groups is 2. The molecule has 0 bridgehead atoms. The van der Waals surface area contributed by atoms with E-state index in [-0.39, 0.29) is 12.0 Å². The standard InChI is InChI=1S/C21H33N3O3/c1-16-6-8-18(9-7-16)22-19(25)15-23(5)14-17-10-12-24(13-11-17)20(26)27-21(2,3)4/h6-9,17H,10-15H2,1-5H3,(H,22,25). The van der Waals surface area contributed by atoms with Gasteiger partial charge in [0.25, 0.3) is 0 Å². The number of ether oxygens (including phenoxy) is 1. The number of nitrogens with one attached hydrogen (secondary N) is 1. The molecule has 6 heteroatoms. The van der Waals surface area contributed by atoms with Crippen LogP contribution >= 0.6 is 0 Å². The first-order valence-electron chi connectivity index (χ1n) is 9.65. The molecule has 1 fully saturated rings. The Bertz CT molecular complexity index is 629. The zero-order chi connectivity index (χ0) is 20.0. The SMILES string of the molecule is Cc1ccc(NC(=O)CN(C)CC2CCN(C(=O)OC(C)(C)C)CC2)cc1. The fourth-order valence-corrected chi connectivity index (χ4v) is 3.21. The fourth-order valence-electron chi connectivity index (χ4n) is 3.21. The molecule has 0 spiro atoms. The maximum Gasteiger partial charge on any atom is 0.410 e. The van der Waals surface area contributed by atoms with Gasteiger partial charge in [0.15, 0.2) is 0 Å². The van der Waals surface area contributed by atoms with Crippen molar-refractivity contribution in [3.05, 3.63) is 29.8 Å². The van der Waals surface area contributed by atoms with Gasteiger partial charge in [0, 0.05) is 25.3 Å². The van der Waals surface area contributed by atoms with Crippen LogP contribution in [0.4, 0.5) is 10.5 Å². The Morgan fingerprint density at radius 2 is 1.78 bits per heavy atom. The van der Waals surface area contributed by atoms with Gasteiger partial charge < -0.3 is 15.0 Å². The van der Waals surface area contributed by atoms with Crippen molar-refractivity contribution in [1.82, 2.24) is 9.80 Å². The number of hydrogen-bond acceptors (Lipinski definition) is 4. The van der Waals surface area contributed by atoms with Crippen LogP contribution in [0, 0.1) is 12.8 Å². The highest BCUT2D eigenvalue weighted by Gasteiger charge is 2.27. The minimum atomic E-state index is -0.459. The first kappa shape index (κ1) is 21.2. The Labute approximate surface area is 162 Å². The predicted molar refractivity (Wildman–Crippen MR) is 108 cm³/mol. The number of amides is 2. The Morgan fingerprint density at radius 3 is 2.33 bits per heavy atom. The molecular weight excluding hydrogens is 342 g/mol. The maximum absolute atomic E-state index is 12.2. The van der Waals surface area contributed by atoms with Crippen LogP contribution in [0.2, 0.25) is 0 Å². The Balaban J connectivity index is 1.70. The zero-order valence-corrected chi connectivity index (χ0v) is 17.2. The largest absolute Gasteiger partial charge is 0.444 e. The van der Waals surface area contributed by atoms with Gasteiger partial charge in [0.1, 0.15) is 5.60 Å². The second-order valence-corrected chi connectivity index (χ2v) is 8.52. The van der Waals surface area contributed by atoms with E-state index in [1.54, 1.807) is 4.90 Å². The molecule has 1 aromatic rings. The number of likely N-dealkylation sites (N-methyl/N-ethyl adjacent to an activating group) is 1. The van der Waals surface area contributed by atoms with Crippen molar-refractivity contribution < 1.29 is 14.3 Å². The monoisotopic (exact) mass is 375 g/mol. The maximum atomic E-state index is 12.2. The number of benzene rings is 1. The number of aryl methyl sites for hydroxylation is 1. The molecule has 27 heavy (non-hydrogen) atoms. The van der Waals surface area contributed by atoms with Crippen molar-refractivity contribution in [2.45, 2.75) is 46.1 Å². The minimum Gasteiger partial charge on any atom is -0.444 e. The van der Waals surface area contributed by atoms with Crippen molar-refractivity contribution in [2.24, 2.45) is 5.92 Å². The van der Waals surface area contributed by atoms with Gasteiger partial charge in [-0.25, -0.2) is 4.79 Å². The topological polar surface area (TPSA) is 61.9 Å². The average Bonchev–Trinajstić information content (AvgIpc) is 2.56. The smallest absolute Gasteiger partial charge is 0.410 e. The van der Waals surface area contributed by atoms with Crippen LogP contribution in [0.25, 0.3) is 0 Å². The van der Waals surface area contributed by atoms with E-state index < -0.39 is 5.60 Å². The molecule has 1 aliphatic rings. The lowest BCUT2D eigenvalue weighted by atomic mass is 9.96. The summed E-state index contributed by atoms with van der Waals surface area (Å²) in [6.07, 6.45) is 1.64. The molecule has 0 unspecified atom stereocenters. The molecule has 0 atom stereocenters. The molecule has 1 aromatic carbocycles. The lowest BCUT2D eigenvalue weighted by Gasteiger charge is -2.34. The first-order chi connectivity index (χ1) is 12.6. The Kier molecular flexibility index (Phi) is 7.25. The van der Waals surface area contributed by atoms with E-state index in [2.05, 4.69) is 10.2 Å². The van der Waals surface area contributed by atoms with Gasteiger partial charge >= 0.3 is 6.09 Å². The molecule has 0 aliphatic carbocycles. The molecule has 0 radical (unpaired) electrons. The van der Waals surface area contributed by atoms with Gasteiger partial charge in [-0.3, -0.25) is 9.69 Å². The van der Waals surface area contributed by atoms with Crippen LogP contribution in [0.1, 0.15) is 39.2 Å². The molecule has 0 saturated carbocycles. The number of likely N-dealkylation sites (tertiary alicyclic amines) is 1. The third-order valence-electron chi connectivity index (χ3n) is 4.58. The summed E-state index contributed by atoms with van der Waals surface area (Å²) in [5.74, 6) is 0.480. The lowest BCUT2D eigenvalue weighted by Crippen LogP contribution is -2.44. The van der Waals surface area contributed by atoms with Crippen molar-refractivity contribution in [3.8, 4) is 0 Å². The van der Waals surface area contributed by atoms with Crippen molar-refractivity contribution in [1.29, 1.82) is 0 Å². The second-order valence-electron chi connectivity index (χ2n) is 8.52. The minimum absolute atomic E-state index is 0.00690. The quantitative estimate of drug-likeness (QED) is 0.855. The number of piperidine rings is 1. The molecular formula is C21H33N3O3. The van der Waals surface area contributed by atoms with Crippen LogP contribution in [-0.4, -0.2) is 60.6 Å². The molecule has 1 saturated heterocycles. The van der Waals surface area contributed by atoms with Crippen LogP contribution < -0.4 is 5.32 Å². The van der Waals surface area contributed by atoms with E-state index in [9.17, 15) is 9.59 Å². The van der Waals surface area contributed by atoms with E-state index >= 15 is 0 Å². The summed E-state index contributed by atoms with van der Waals surface area (Å²) in [5.41, 5.74) is 1.53. The molecule has 2 amide bonds. The van der Waals surface area contributed by atoms with Crippen LogP contribution in [-0.2, 0) is 9.53 Å². The second kappa shape index (κ2) is 9.22. The lowest BCUT2D eigenvalue weighted by molar-refractivity contribution is -0.117. The number of hydrogen-bond donors (Lipinski definition) is 1. The van der Waals surface area contributed by atoms with Crippen LogP contribution in [0.15, 0.2) is 24.3 Å². The summed E-state index contributed by atoms with van der Waals surface area (Å²) in [4.78, 5) is 28.2. The third-order valence-corrected chi connectivity index (χ3v) is 4.58. The molecule has 1 N–H and O–H groups in total. The van der Waals surface area contributed by atoms with E-state index in [4.69, 9.17) is 4.74 Å². The van der Waals surface area contributed by atoms with Gasteiger partial charge in [0.05, 0.1) is 6.54 Å². The van der Waals surface area contributed by atoms with Gasteiger partial charge in [0.2, 0.25) is 5.91 Å². The summed E-state index contributed by atoms with van der Waals surface area (Å²) >= 11 is 0. The van der Waals surface area contributed by atoms with Crippen LogP contribution in [0.5, 0.6) is 0 Å². The van der Waals surface area contributed by atoms with Crippen molar-refractivity contribution in [3.63, 3.8) is 0 Å². The van der Waals surface area contributed by atoms with Gasteiger partial charge in [-0.05, 0) is 65.6 Å². The number of rotatable bonds is 5. The third kappa shape index (κ3) is 7.59. The molecule has 6 nitrogen and oxygen atoms in total. The number of nitrogens with zero attached hydrogens (tertiary/aromatic N) is 2. The summed E-state index contributed by atoms with van der Waals surface area (Å²) in [5, 5.41) is 2.93. The highest BCUT2D eigenvalue weighted by Crippen LogP contribution is 2.20. The highest BCUT2D eigenvalue weighted by molar-refractivity contribution is 5.92. The normalized spacial score (nSPS) is 15.7. The highest BCUT2D eigenvalue weighted by atomic mass is 16.6. The number of anilines is 1. The summed E-state index contributed by atoms with van der Waals surface area (Å²) in [6.45, 7) is 10.3. The Hall–Kier alpha value is -2.08. The van der Waals surface area contributed by atoms with Crippen molar-refractivity contribution in [2.75, 3.05) is 38.5 Å². The van der Waals surface area contributed by atoms with Gasteiger partial charge in [-0.15, -0.1) is 0 Å². The summed E-state index contributed by atoms with van der Waals surface area (Å²) in [7, 11) is 1.97. The summed E-state index contributed by atoms with van der Waals surface area (Å²) < 4.78 is 5.43. The van der Waals surface area contributed by atoms with Gasteiger partial charge in [-0.2, -0.15) is 0 Å². The van der Waals surface area contributed by atoms with E-state index in [1.165, 1.54) is 5.56 Å². The van der Waals surface area contributed by atoms with E-state index in [1.807, 2.05) is 59.0 Å². The summed E-state index contributed by atoms with van der Waals surface area (Å²) in [6, 6.07) is 7.80. The van der Waals surface area contributed by atoms with E-state index in [0.717, 1.165) is 25.1 Å². The molecule has 1 heterocycles. The molecule has 2 rings (SSSR count). The Morgan fingerprint density at radius 1 is 1.19 bits per heavy atom. The van der Waals surface area contributed by atoms with Crippen LogP contribution in [0.3, 0.4) is 0 Å². The molecule has 0 aromatic heterocycles.